The van der Waals surface area contributed by atoms with Gasteiger partial charge in [0.1, 0.15) is 0 Å². The molecule has 3 aliphatic rings. The average Bonchev–Trinajstić information content (AvgIpc) is 2.62. The molecule has 3 saturated carbocycles. The normalized spacial score (nSPS) is 26.3. The lowest BCUT2D eigenvalue weighted by molar-refractivity contribution is 0.414. The van der Waals surface area contributed by atoms with Gasteiger partial charge in [-0.2, -0.15) is 0 Å². The zero-order chi connectivity index (χ0) is 16.1. The molecule has 3 aliphatic carbocycles. The Kier molecular flexibility index (Phi) is 6.46. The van der Waals surface area contributed by atoms with Crippen molar-refractivity contribution in [1.29, 1.82) is 0 Å². The lowest BCUT2D eigenvalue weighted by Gasteiger charge is -2.54. The molecule has 3 fully saturated rings. The van der Waals surface area contributed by atoms with Crippen LogP contribution in [0.3, 0.4) is 0 Å². The maximum absolute atomic E-state index is 4.46. The van der Waals surface area contributed by atoms with Crippen LogP contribution in [0.1, 0.15) is 103 Å². The molecule has 1 heteroatoms. The summed E-state index contributed by atoms with van der Waals surface area (Å²) in [5.41, 5.74) is 5.00. The van der Waals surface area contributed by atoms with Gasteiger partial charge in [-0.3, -0.25) is 0 Å². The van der Waals surface area contributed by atoms with E-state index in [0.717, 1.165) is 16.6 Å². The Morgan fingerprint density at radius 2 is 0.957 bits per heavy atom. The van der Waals surface area contributed by atoms with Gasteiger partial charge >= 0.3 is 0 Å². The molecule has 0 spiro atoms. The van der Waals surface area contributed by atoms with Gasteiger partial charge in [0.25, 0.3) is 0 Å². The molecule has 0 unspecified atom stereocenters. The molecule has 3 rings (SSSR count). The standard InChI is InChI=1S/C22H40Si/c1-19(2)18-23(20-12-6-3-7-13-20,21-14-8-4-9-15-21)22-16-10-5-11-17-22/h20-22H,1,3-18H2,2H3. The predicted molar refractivity (Wildman–Crippen MR) is 106 cm³/mol. The van der Waals surface area contributed by atoms with Crippen LogP contribution in [0.4, 0.5) is 0 Å². The molecular weight excluding hydrogens is 292 g/mol. The number of hydrogen-bond acceptors (Lipinski definition) is 0. The summed E-state index contributed by atoms with van der Waals surface area (Å²) in [6.07, 6.45) is 23.3. The third-order valence-electron chi connectivity index (χ3n) is 7.70. The first-order chi connectivity index (χ1) is 11.2. The predicted octanol–water partition coefficient (Wildman–Crippen LogP) is 8.01. The van der Waals surface area contributed by atoms with Crippen molar-refractivity contribution in [3.63, 3.8) is 0 Å². The fourth-order valence-electron chi connectivity index (χ4n) is 6.88. The van der Waals surface area contributed by atoms with Gasteiger partial charge in [-0.05, 0) is 29.6 Å². The van der Waals surface area contributed by atoms with E-state index in [4.69, 9.17) is 0 Å². The van der Waals surface area contributed by atoms with E-state index in [1.807, 2.05) is 0 Å². The molecule has 0 aromatic carbocycles. The van der Waals surface area contributed by atoms with Crippen LogP contribution in [0.5, 0.6) is 0 Å². The van der Waals surface area contributed by atoms with Crippen LogP contribution >= 0.6 is 0 Å². The molecule has 0 amide bonds. The summed E-state index contributed by atoms with van der Waals surface area (Å²) in [6, 6.07) is 1.49. The second kappa shape index (κ2) is 8.36. The smallest absolute Gasteiger partial charge is 0.0669 e. The minimum atomic E-state index is -1.26. The zero-order valence-electron chi connectivity index (χ0n) is 15.8. The van der Waals surface area contributed by atoms with Gasteiger partial charge < -0.3 is 0 Å². The fraction of sp³-hybridized carbons (Fsp3) is 0.909. The molecule has 0 aromatic heterocycles. The van der Waals surface area contributed by atoms with Gasteiger partial charge in [0.15, 0.2) is 0 Å². The van der Waals surface area contributed by atoms with Crippen LogP contribution in [0.25, 0.3) is 0 Å². The quantitative estimate of drug-likeness (QED) is 0.353. The van der Waals surface area contributed by atoms with Crippen molar-refractivity contribution in [2.75, 3.05) is 0 Å². The highest BCUT2D eigenvalue weighted by Crippen LogP contribution is 2.59. The van der Waals surface area contributed by atoms with E-state index < -0.39 is 8.07 Å². The second-order valence-corrected chi connectivity index (χ2v) is 14.3. The fourth-order valence-corrected chi connectivity index (χ4v) is 15.2. The third kappa shape index (κ3) is 3.97. The summed E-state index contributed by atoms with van der Waals surface area (Å²) in [7, 11) is -1.26. The first kappa shape index (κ1) is 17.8. The molecule has 0 aliphatic heterocycles. The third-order valence-corrected chi connectivity index (χ3v) is 15.2. The molecule has 132 valence electrons. The Morgan fingerprint density at radius 3 is 1.22 bits per heavy atom. The minimum Gasteiger partial charge on any atom is -0.100 e. The van der Waals surface area contributed by atoms with Gasteiger partial charge in [0, 0.05) is 0 Å². The van der Waals surface area contributed by atoms with E-state index in [9.17, 15) is 0 Å². The van der Waals surface area contributed by atoms with Crippen molar-refractivity contribution < 1.29 is 0 Å². The Morgan fingerprint density at radius 1 is 0.652 bits per heavy atom. The Bertz CT molecular complexity index is 322. The number of allylic oxidation sites excluding steroid dienone is 1. The van der Waals surface area contributed by atoms with Crippen LogP contribution < -0.4 is 0 Å². The first-order valence-corrected chi connectivity index (χ1v) is 13.3. The van der Waals surface area contributed by atoms with Gasteiger partial charge in [-0.25, -0.2) is 0 Å². The van der Waals surface area contributed by atoms with Crippen molar-refractivity contribution in [2.45, 2.75) is 126 Å². The van der Waals surface area contributed by atoms with Gasteiger partial charge in [-0.1, -0.05) is 102 Å². The van der Waals surface area contributed by atoms with Gasteiger partial charge in [-0.15, -0.1) is 6.58 Å². The highest BCUT2D eigenvalue weighted by molar-refractivity contribution is 6.84. The zero-order valence-corrected chi connectivity index (χ0v) is 16.8. The Hall–Kier alpha value is -0.0431. The van der Waals surface area contributed by atoms with Crippen LogP contribution in [-0.2, 0) is 0 Å². The van der Waals surface area contributed by atoms with Crippen molar-refractivity contribution in [2.24, 2.45) is 0 Å². The van der Waals surface area contributed by atoms with Crippen molar-refractivity contribution in [3.05, 3.63) is 12.2 Å². The highest BCUT2D eigenvalue weighted by Gasteiger charge is 2.51. The van der Waals surface area contributed by atoms with Crippen LogP contribution in [0.15, 0.2) is 12.2 Å². The van der Waals surface area contributed by atoms with Crippen molar-refractivity contribution in [1.82, 2.24) is 0 Å². The summed E-state index contributed by atoms with van der Waals surface area (Å²) in [4.78, 5) is 0. The van der Waals surface area contributed by atoms with E-state index in [-0.39, 0.29) is 0 Å². The monoisotopic (exact) mass is 332 g/mol. The van der Waals surface area contributed by atoms with E-state index in [1.54, 1.807) is 44.1 Å². The summed E-state index contributed by atoms with van der Waals surface area (Å²) < 4.78 is 0. The topological polar surface area (TPSA) is 0 Å². The molecule has 0 radical (unpaired) electrons. The van der Waals surface area contributed by atoms with Gasteiger partial charge in [0.2, 0.25) is 0 Å². The summed E-state index contributed by atoms with van der Waals surface area (Å²) in [5.74, 6) is 0. The molecule has 0 atom stereocenters. The van der Waals surface area contributed by atoms with Crippen molar-refractivity contribution in [3.8, 4) is 0 Å². The summed E-state index contributed by atoms with van der Waals surface area (Å²) in [5, 5.41) is 0. The largest absolute Gasteiger partial charge is 0.100 e. The van der Waals surface area contributed by atoms with E-state index in [2.05, 4.69) is 13.5 Å². The second-order valence-electron chi connectivity index (χ2n) is 9.25. The molecule has 0 saturated heterocycles. The minimum absolute atomic E-state index is 1.15. The molecule has 0 N–H and O–H groups in total. The molecule has 23 heavy (non-hydrogen) atoms. The van der Waals surface area contributed by atoms with Crippen LogP contribution in [0, 0.1) is 0 Å². The Labute approximate surface area is 146 Å². The molecule has 0 bridgehead atoms. The van der Waals surface area contributed by atoms with E-state index in [0.29, 0.717) is 0 Å². The average molecular weight is 333 g/mol. The molecule has 0 heterocycles. The lowest BCUT2D eigenvalue weighted by Crippen LogP contribution is -2.51. The summed E-state index contributed by atoms with van der Waals surface area (Å²) in [6.45, 7) is 6.82. The first-order valence-electron chi connectivity index (χ1n) is 10.9. The number of hydrogen-bond donors (Lipinski definition) is 0. The highest BCUT2D eigenvalue weighted by atomic mass is 28.3. The lowest BCUT2D eigenvalue weighted by atomic mass is 9.98. The van der Waals surface area contributed by atoms with Crippen LogP contribution in [0.2, 0.25) is 22.7 Å². The molecular formula is C22H40Si. The van der Waals surface area contributed by atoms with E-state index >= 15 is 0 Å². The van der Waals surface area contributed by atoms with Crippen LogP contribution in [-0.4, -0.2) is 8.07 Å². The van der Waals surface area contributed by atoms with Crippen molar-refractivity contribution >= 4 is 8.07 Å². The maximum atomic E-state index is 4.46. The number of rotatable bonds is 5. The molecule has 0 aromatic rings. The maximum Gasteiger partial charge on any atom is 0.0669 e. The molecule has 0 nitrogen and oxygen atoms in total. The summed E-state index contributed by atoms with van der Waals surface area (Å²) >= 11 is 0. The Balaban J connectivity index is 1.93. The van der Waals surface area contributed by atoms with E-state index in [1.165, 1.54) is 63.8 Å². The van der Waals surface area contributed by atoms with Gasteiger partial charge in [0.05, 0.1) is 8.07 Å². The SMILES string of the molecule is C=C(C)C[Si](C1CCCCC1)(C1CCCCC1)C1CCCCC1.